The Bertz CT molecular complexity index is 770. The Morgan fingerprint density at radius 2 is 1.93 bits per heavy atom. The minimum atomic E-state index is -3.70. The van der Waals surface area contributed by atoms with Gasteiger partial charge in [0.25, 0.3) is 0 Å². The summed E-state index contributed by atoms with van der Waals surface area (Å²) in [7, 11) is -3.70. The Balaban J connectivity index is 1.79. The number of benzene rings is 1. The fraction of sp³-hybridized carbons (Fsp3) is 0.500. The maximum absolute atomic E-state index is 12.4. The van der Waals surface area contributed by atoms with E-state index >= 15 is 0 Å². The predicted octanol–water partition coefficient (Wildman–Crippen LogP) is 0.422. The van der Waals surface area contributed by atoms with E-state index in [-0.39, 0.29) is 23.8 Å². The lowest BCUT2D eigenvalue weighted by atomic mass is 10.3. The number of carbonyl (C=O) groups excluding carboxylic acids is 1. The maximum Gasteiger partial charge on any atom is 0.240 e. The fourth-order valence-corrected chi connectivity index (χ4v) is 3.53. The van der Waals surface area contributed by atoms with Crippen LogP contribution in [0.2, 0.25) is 0 Å². The highest BCUT2D eigenvalue weighted by Gasteiger charge is 2.18. The molecule has 1 aliphatic heterocycles. The zero-order valence-electron chi connectivity index (χ0n) is 15.0. The lowest BCUT2D eigenvalue weighted by molar-refractivity contribution is -0.121. The third kappa shape index (κ3) is 6.85. The second-order valence-corrected chi connectivity index (χ2v) is 7.87. The van der Waals surface area contributed by atoms with Gasteiger partial charge in [-0.05, 0) is 37.7 Å². The van der Waals surface area contributed by atoms with Gasteiger partial charge >= 0.3 is 0 Å². The van der Waals surface area contributed by atoms with Gasteiger partial charge in [0.2, 0.25) is 15.9 Å². The maximum atomic E-state index is 12.4. The summed E-state index contributed by atoms with van der Waals surface area (Å²) in [6.45, 7) is 3.66. The van der Waals surface area contributed by atoms with Gasteiger partial charge in [-0.3, -0.25) is 15.6 Å². The second-order valence-electron chi connectivity index (χ2n) is 5.69. The van der Waals surface area contributed by atoms with Crippen molar-refractivity contribution in [1.82, 2.24) is 20.9 Å². The van der Waals surface area contributed by atoms with Crippen molar-refractivity contribution in [2.24, 2.45) is 0 Å². The molecule has 9 nitrogen and oxygen atoms in total. The van der Waals surface area contributed by atoms with Crippen LogP contribution in [0.25, 0.3) is 0 Å². The van der Waals surface area contributed by atoms with Gasteiger partial charge in [0.05, 0.1) is 18.1 Å². The molecule has 2 rings (SSSR count). The van der Waals surface area contributed by atoms with Gasteiger partial charge in [0.1, 0.15) is 0 Å². The number of sulfonamides is 1. The number of thiocarbonyl (C=S) groups is 1. The van der Waals surface area contributed by atoms with Crippen LogP contribution in [0.1, 0.15) is 26.2 Å². The van der Waals surface area contributed by atoms with Crippen LogP contribution in [0.3, 0.4) is 0 Å². The molecule has 0 bridgehead atoms. The predicted molar refractivity (Wildman–Crippen MR) is 104 cm³/mol. The van der Waals surface area contributed by atoms with Crippen molar-refractivity contribution in [2.75, 3.05) is 26.3 Å². The summed E-state index contributed by atoms with van der Waals surface area (Å²) in [4.78, 5) is 11.8. The first-order valence-electron chi connectivity index (χ1n) is 8.64. The standard InChI is InChI=1S/C16H24N4O5S2/c1-2-17-16(26)20-19-15(21)5-3-8-18-27(22,23)12-6-7-13-14(11-12)25-10-4-9-24-13/h6-7,11,18H,2-5,8-10H2,1H3,(H,19,21)(H2,17,20,26). The van der Waals surface area contributed by atoms with E-state index in [2.05, 4.69) is 20.9 Å². The Morgan fingerprint density at radius 3 is 2.67 bits per heavy atom. The summed E-state index contributed by atoms with van der Waals surface area (Å²) in [6, 6.07) is 4.50. The molecule has 1 aliphatic rings. The highest BCUT2D eigenvalue weighted by Crippen LogP contribution is 2.31. The molecule has 0 unspecified atom stereocenters. The van der Waals surface area contributed by atoms with Gasteiger partial charge in [-0.25, -0.2) is 13.1 Å². The molecule has 1 aromatic rings. The number of ether oxygens (including phenoxy) is 2. The highest BCUT2D eigenvalue weighted by atomic mass is 32.2. The van der Waals surface area contributed by atoms with E-state index in [0.29, 0.717) is 42.8 Å². The average molecular weight is 417 g/mol. The molecule has 0 saturated carbocycles. The topological polar surface area (TPSA) is 118 Å². The number of hydrogen-bond acceptors (Lipinski definition) is 6. The number of hydrazine groups is 1. The van der Waals surface area contributed by atoms with Crippen molar-refractivity contribution in [1.29, 1.82) is 0 Å². The third-order valence-corrected chi connectivity index (χ3v) is 5.26. The summed E-state index contributed by atoms with van der Waals surface area (Å²) >= 11 is 4.91. The largest absolute Gasteiger partial charge is 0.490 e. The van der Waals surface area contributed by atoms with Crippen LogP contribution < -0.4 is 30.4 Å². The van der Waals surface area contributed by atoms with Crippen LogP contribution in [0.5, 0.6) is 11.5 Å². The van der Waals surface area contributed by atoms with E-state index in [9.17, 15) is 13.2 Å². The fourth-order valence-electron chi connectivity index (χ4n) is 2.24. The smallest absolute Gasteiger partial charge is 0.240 e. The van der Waals surface area contributed by atoms with Crippen LogP contribution in [0, 0.1) is 0 Å². The van der Waals surface area contributed by atoms with E-state index < -0.39 is 10.0 Å². The van der Waals surface area contributed by atoms with Crippen molar-refractivity contribution in [3.63, 3.8) is 0 Å². The van der Waals surface area contributed by atoms with Crippen LogP contribution in [-0.4, -0.2) is 45.7 Å². The molecule has 0 aromatic heterocycles. The van der Waals surface area contributed by atoms with Crippen molar-refractivity contribution in [2.45, 2.75) is 31.1 Å². The first kappa shape index (κ1) is 21.2. The van der Waals surface area contributed by atoms with E-state index in [0.717, 1.165) is 6.42 Å². The van der Waals surface area contributed by atoms with Crippen molar-refractivity contribution >= 4 is 33.3 Å². The van der Waals surface area contributed by atoms with Gasteiger partial charge < -0.3 is 14.8 Å². The molecule has 11 heteroatoms. The third-order valence-electron chi connectivity index (χ3n) is 3.55. The molecule has 0 saturated heterocycles. The summed E-state index contributed by atoms with van der Waals surface area (Å²) in [5.41, 5.74) is 4.99. The zero-order chi connectivity index (χ0) is 19.7. The molecule has 1 heterocycles. The van der Waals surface area contributed by atoms with Crippen LogP contribution >= 0.6 is 12.2 Å². The summed E-state index contributed by atoms with van der Waals surface area (Å²) in [5, 5.41) is 3.15. The number of carbonyl (C=O) groups is 1. The average Bonchev–Trinajstić information content (AvgIpc) is 2.88. The quantitative estimate of drug-likeness (QED) is 0.287. The molecular weight excluding hydrogens is 392 g/mol. The van der Waals surface area contributed by atoms with Crippen molar-refractivity contribution in [3.05, 3.63) is 18.2 Å². The zero-order valence-corrected chi connectivity index (χ0v) is 16.7. The summed E-state index contributed by atoms with van der Waals surface area (Å²) < 4.78 is 38.3. The molecule has 0 aliphatic carbocycles. The van der Waals surface area contributed by atoms with Gasteiger partial charge in [0.15, 0.2) is 16.6 Å². The molecule has 150 valence electrons. The van der Waals surface area contributed by atoms with E-state index in [4.69, 9.17) is 21.7 Å². The lowest BCUT2D eigenvalue weighted by Gasteiger charge is -2.11. The van der Waals surface area contributed by atoms with Crippen molar-refractivity contribution in [3.8, 4) is 11.5 Å². The minimum Gasteiger partial charge on any atom is -0.490 e. The van der Waals surface area contributed by atoms with Gasteiger partial charge in [-0.1, -0.05) is 0 Å². The van der Waals surface area contributed by atoms with Gasteiger partial charge in [-0.15, -0.1) is 0 Å². The molecule has 1 aromatic carbocycles. The van der Waals surface area contributed by atoms with E-state index in [1.807, 2.05) is 6.92 Å². The number of nitrogens with one attached hydrogen (secondary N) is 4. The summed E-state index contributed by atoms with van der Waals surface area (Å²) in [5.74, 6) is 0.661. The van der Waals surface area contributed by atoms with Gasteiger partial charge in [0, 0.05) is 32.0 Å². The molecule has 0 atom stereocenters. The molecule has 0 fully saturated rings. The number of hydrogen-bond donors (Lipinski definition) is 4. The Hall–Kier alpha value is -2.11. The van der Waals surface area contributed by atoms with E-state index in [1.165, 1.54) is 12.1 Å². The van der Waals surface area contributed by atoms with Crippen LogP contribution in [0.4, 0.5) is 0 Å². The summed E-state index contributed by atoms with van der Waals surface area (Å²) in [6.07, 6.45) is 1.22. The highest BCUT2D eigenvalue weighted by molar-refractivity contribution is 7.89. The number of fused-ring (bicyclic) bond motifs is 1. The normalized spacial score (nSPS) is 13.4. The minimum absolute atomic E-state index is 0.0915. The molecule has 0 radical (unpaired) electrons. The van der Waals surface area contributed by atoms with Crippen LogP contribution in [-0.2, 0) is 14.8 Å². The molecule has 27 heavy (non-hydrogen) atoms. The molecule has 1 amide bonds. The first-order chi connectivity index (χ1) is 12.9. The van der Waals surface area contributed by atoms with Crippen molar-refractivity contribution < 1.29 is 22.7 Å². The molecule has 0 spiro atoms. The SMILES string of the molecule is CCNC(=S)NNC(=O)CCCNS(=O)(=O)c1ccc2c(c1)OCCCO2. The Labute approximate surface area is 164 Å². The first-order valence-corrected chi connectivity index (χ1v) is 10.5. The van der Waals surface area contributed by atoms with Crippen LogP contribution in [0.15, 0.2) is 23.1 Å². The number of amides is 1. The number of rotatable bonds is 7. The lowest BCUT2D eigenvalue weighted by Crippen LogP contribution is -2.46. The van der Waals surface area contributed by atoms with E-state index in [1.54, 1.807) is 6.07 Å². The second kappa shape index (κ2) is 10.3. The van der Waals surface area contributed by atoms with Gasteiger partial charge in [-0.2, -0.15) is 0 Å². The monoisotopic (exact) mass is 416 g/mol. The molecular formula is C16H24N4O5S2. The Kier molecular flexibility index (Phi) is 8.07. The molecule has 4 N–H and O–H groups in total. The Morgan fingerprint density at radius 1 is 1.19 bits per heavy atom.